The summed E-state index contributed by atoms with van der Waals surface area (Å²) in [4.78, 5) is 24.4. The van der Waals surface area contributed by atoms with Gasteiger partial charge in [0.1, 0.15) is 0 Å². The first-order chi connectivity index (χ1) is 11.6. The highest BCUT2D eigenvalue weighted by molar-refractivity contribution is 6.67. The van der Waals surface area contributed by atoms with Gasteiger partial charge >= 0.3 is 0 Å². The molecule has 3 aliphatic carbocycles. The van der Waals surface area contributed by atoms with Gasteiger partial charge in [-0.15, -0.1) is 0 Å². The van der Waals surface area contributed by atoms with Crippen LogP contribution in [0, 0.1) is 40.4 Å². The highest BCUT2D eigenvalue weighted by Crippen LogP contribution is 2.64. The van der Waals surface area contributed by atoms with Crippen molar-refractivity contribution in [1.82, 2.24) is 0 Å². The first-order valence-corrected chi connectivity index (χ1v) is 10.5. The van der Waals surface area contributed by atoms with Gasteiger partial charge in [-0.25, -0.2) is 0 Å². The molecule has 2 saturated carbocycles. The maximum atomic E-state index is 12.3. The van der Waals surface area contributed by atoms with Gasteiger partial charge in [0.05, 0.1) is 0 Å². The Labute approximate surface area is 161 Å². The van der Waals surface area contributed by atoms with E-state index in [4.69, 9.17) is 23.2 Å². The lowest BCUT2D eigenvalue weighted by Crippen LogP contribution is -2.55. The first kappa shape index (κ1) is 19.4. The average Bonchev–Trinajstić information content (AvgIpc) is 2.53. The van der Waals surface area contributed by atoms with Gasteiger partial charge in [0.25, 0.3) is 0 Å². The third kappa shape index (κ3) is 3.02. The van der Waals surface area contributed by atoms with E-state index in [1.807, 2.05) is 0 Å². The summed E-state index contributed by atoms with van der Waals surface area (Å²) >= 11 is 12.0. The summed E-state index contributed by atoms with van der Waals surface area (Å²) in [6, 6.07) is 0. The Morgan fingerprint density at radius 2 is 1.84 bits per heavy atom. The topological polar surface area (TPSA) is 34.1 Å². The van der Waals surface area contributed by atoms with Crippen molar-refractivity contribution in [2.24, 2.45) is 40.4 Å². The molecule has 0 bridgehead atoms. The predicted molar refractivity (Wildman–Crippen MR) is 103 cm³/mol. The highest BCUT2D eigenvalue weighted by Gasteiger charge is 2.58. The molecule has 0 N–H and O–H groups in total. The van der Waals surface area contributed by atoms with Gasteiger partial charge in [0.2, 0.25) is 10.5 Å². The Bertz CT molecular complexity index is 611. The molecule has 25 heavy (non-hydrogen) atoms. The van der Waals surface area contributed by atoms with Gasteiger partial charge in [0.15, 0.2) is 0 Å². The van der Waals surface area contributed by atoms with Gasteiger partial charge < -0.3 is 0 Å². The number of allylic oxidation sites excluding steroid dienone is 2. The van der Waals surface area contributed by atoms with E-state index in [9.17, 15) is 9.59 Å². The molecule has 0 saturated heterocycles. The van der Waals surface area contributed by atoms with Crippen LogP contribution in [0.5, 0.6) is 0 Å². The molecule has 0 aromatic heterocycles. The molecule has 0 spiro atoms. The Morgan fingerprint density at radius 3 is 2.40 bits per heavy atom. The summed E-state index contributed by atoms with van der Waals surface area (Å²) in [6.07, 6.45) is 8.43. The van der Waals surface area contributed by atoms with Crippen molar-refractivity contribution in [2.45, 2.75) is 66.2 Å². The fourth-order valence-corrected chi connectivity index (χ4v) is 6.93. The van der Waals surface area contributed by atoms with E-state index in [1.165, 1.54) is 0 Å². The van der Waals surface area contributed by atoms with Crippen molar-refractivity contribution in [2.75, 3.05) is 0 Å². The molecule has 4 heteroatoms. The molecular weight excluding hydrogens is 355 g/mol. The smallest absolute Gasteiger partial charge is 0.248 e. The zero-order chi connectivity index (χ0) is 18.6. The van der Waals surface area contributed by atoms with E-state index < -0.39 is 5.41 Å². The molecule has 3 rings (SSSR count). The van der Waals surface area contributed by atoms with Crippen molar-refractivity contribution < 1.29 is 9.59 Å². The van der Waals surface area contributed by atoms with Crippen LogP contribution in [0.3, 0.4) is 0 Å². The van der Waals surface area contributed by atoms with Crippen LogP contribution in [-0.4, -0.2) is 10.5 Å². The SMILES string of the molecule is CC(C)C1CC2CCC3C(C)(C(=O)Cl)CCCC3(C)C2C=C1C(=O)Cl. The van der Waals surface area contributed by atoms with E-state index in [-0.39, 0.29) is 21.8 Å². The van der Waals surface area contributed by atoms with Crippen molar-refractivity contribution in [3.05, 3.63) is 11.6 Å². The summed E-state index contributed by atoms with van der Waals surface area (Å²) < 4.78 is 0. The van der Waals surface area contributed by atoms with Gasteiger partial charge in [-0.1, -0.05) is 40.2 Å². The van der Waals surface area contributed by atoms with Gasteiger partial charge in [-0.3, -0.25) is 9.59 Å². The van der Waals surface area contributed by atoms with Crippen LogP contribution in [-0.2, 0) is 9.59 Å². The third-order valence-corrected chi connectivity index (χ3v) is 8.52. The minimum atomic E-state index is -0.437. The van der Waals surface area contributed by atoms with Crippen LogP contribution in [0.1, 0.15) is 66.2 Å². The van der Waals surface area contributed by atoms with Gasteiger partial charge in [-0.2, -0.15) is 0 Å². The quantitative estimate of drug-likeness (QED) is 0.562. The maximum absolute atomic E-state index is 12.3. The van der Waals surface area contributed by atoms with E-state index in [1.54, 1.807) is 0 Å². The Hall–Kier alpha value is -0.340. The molecule has 2 nitrogen and oxygen atoms in total. The maximum Gasteiger partial charge on any atom is 0.248 e. The number of hydrogen-bond donors (Lipinski definition) is 0. The molecule has 0 aliphatic heterocycles. The zero-order valence-corrected chi connectivity index (χ0v) is 17.3. The van der Waals surface area contributed by atoms with Gasteiger partial charge in [0, 0.05) is 11.0 Å². The molecule has 0 amide bonds. The van der Waals surface area contributed by atoms with E-state index in [0.717, 1.165) is 44.1 Å². The monoisotopic (exact) mass is 384 g/mol. The second-order valence-corrected chi connectivity index (χ2v) is 10.1. The Morgan fingerprint density at radius 1 is 1.16 bits per heavy atom. The largest absolute Gasteiger partial charge is 0.281 e. The summed E-state index contributed by atoms with van der Waals surface area (Å²) in [5.74, 6) is 1.88. The predicted octanol–water partition coefficient (Wildman–Crippen LogP) is 5.96. The number of carbonyl (C=O) groups is 2. The summed E-state index contributed by atoms with van der Waals surface area (Å²) in [5.41, 5.74) is 0.400. The van der Waals surface area contributed by atoms with E-state index in [2.05, 4.69) is 33.8 Å². The lowest BCUT2D eigenvalue weighted by atomic mass is 9.44. The minimum absolute atomic E-state index is 0.0278. The number of carbonyl (C=O) groups excluding carboxylic acids is 2. The van der Waals surface area contributed by atoms with Crippen molar-refractivity contribution in [3.63, 3.8) is 0 Å². The molecule has 3 aliphatic rings. The normalized spacial score (nSPS) is 43.9. The molecular formula is C21H30Cl2O2. The average molecular weight is 385 g/mol. The van der Waals surface area contributed by atoms with Crippen LogP contribution in [0.2, 0.25) is 0 Å². The van der Waals surface area contributed by atoms with Crippen LogP contribution in [0.4, 0.5) is 0 Å². The van der Waals surface area contributed by atoms with Crippen LogP contribution in [0.15, 0.2) is 11.6 Å². The minimum Gasteiger partial charge on any atom is -0.281 e. The standard InChI is InChI=1S/C21H30Cl2O2/c1-12(2)14-10-13-6-7-17-20(3,16(13)11-15(14)18(22)24)8-5-9-21(17,4)19(23)25/h11-14,16-17H,5-10H2,1-4H3. The number of halogens is 2. The number of fused-ring (bicyclic) bond motifs is 3. The molecule has 140 valence electrons. The van der Waals surface area contributed by atoms with Crippen LogP contribution in [0.25, 0.3) is 0 Å². The summed E-state index contributed by atoms with van der Waals surface area (Å²) in [7, 11) is 0. The lowest BCUT2D eigenvalue weighted by molar-refractivity contribution is -0.140. The van der Waals surface area contributed by atoms with E-state index in [0.29, 0.717) is 23.7 Å². The molecule has 2 fully saturated rings. The molecule has 6 atom stereocenters. The van der Waals surface area contributed by atoms with Crippen LogP contribution >= 0.6 is 23.2 Å². The van der Waals surface area contributed by atoms with Gasteiger partial charge in [-0.05, 0) is 90.3 Å². The third-order valence-electron chi connectivity index (χ3n) is 7.87. The fourth-order valence-electron chi connectivity index (χ4n) is 6.50. The molecule has 0 radical (unpaired) electrons. The van der Waals surface area contributed by atoms with Crippen molar-refractivity contribution in [3.8, 4) is 0 Å². The van der Waals surface area contributed by atoms with Crippen LogP contribution < -0.4 is 0 Å². The Balaban J connectivity index is 2.04. The highest BCUT2D eigenvalue weighted by atomic mass is 35.5. The van der Waals surface area contributed by atoms with Crippen molar-refractivity contribution in [1.29, 1.82) is 0 Å². The first-order valence-electron chi connectivity index (χ1n) is 9.72. The molecule has 0 heterocycles. The fraction of sp³-hybridized carbons (Fsp3) is 0.810. The zero-order valence-electron chi connectivity index (χ0n) is 15.8. The van der Waals surface area contributed by atoms with E-state index >= 15 is 0 Å². The second-order valence-electron chi connectivity index (χ2n) is 9.45. The summed E-state index contributed by atoms with van der Waals surface area (Å²) in [5, 5.41) is -0.481. The number of rotatable bonds is 3. The Kier molecular flexibility index (Phi) is 5.19. The molecule has 0 aromatic rings. The number of hydrogen-bond acceptors (Lipinski definition) is 2. The van der Waals surface area contributed by atoms with Crippen molar-refractivity contribution >= 4 is 33.7 Å². The second kappa shape index (κ2) is 6.68. The molecule has 6 unspecified atom stereocenters. The lowest BCUT2D eigenvalue weighted by Gasteiger charge is -2.60. The summed E-state index contributed by atoms with van der Waals surface area (Å²) in [6.45, 7) is 8.74. The molecule has 0 aromatic carbocycles.